The summed E-state index contributed by atoms with van der Waals surface area (Å²) in [5.41, 5.74) is 2.46. The molecule has 0 radical (unpaired) electrons. The molecule has 5 heteroatoms. The van der Waals surface area contributed by atoms with Crippen LogP contribution in [-0.4, -0.2) is 24.9 Å². The number of aromatic nitrogens is 5. The lowest BCUT2D eigenvalue weighted by atomic mass is 10.3. The maximum Gasteiger partial charge on any atom is 0.158 e. The number of hydrogen-bond acceptors (Lipinski definition) is 3. The predicted molar refractivity (Wildman–Crippen MR) is 59.4 cm³/mol. The van der Waals surface area contributed by atoms with Crippen molar-refractivity contribution in [1.82, 2.24) is 24.9 Å². The van der Waals surface area contributed by atoms with Gasteiger partial charge in [0.05, 0.1) is 12.0 Å². The van der Waals surface area contributed by atoms with Gasteiger partial charge >= 0.3 is 0 Å². The van der Waals surface area contributed by atoms with E-state index in [1.807, 2.05) is 24.4 Å². The van der Waals surface area contributed by atoms with Gasteiger partial charge in [-0.3, -0.25) is 4.98 Å². The summed E-state index contributed by atoms with van der Waals surface area (Å²) in [5, 5.41) is 0. The van der Waals surface area contributed by atoms with Crippen LogP contribution in [0.4, 0.5) is 0 Å². The first-order chi connectivity index (χ1) is 7.93. The Kier molecular flexibility index (Phi) is 2.00. The van der Waals surface area contributed by atoms with Crippen molar-refractivity contribution in [1.29, 1.82) is 0 Å². The Morgan fingerprint density at radius 1 is 0.938 bits per heavy atom. The molecule has 0 bridgehead atoms. The zero-order valence-electron chi connectivity index (χ0n) is 8.38. The van der Waals surface area contributed by atoms with E-state index in [0.717, 1.165) is 22.9 Å². The Labute approximate surface area is 91.6 Å². The van der Waals surface area contributed by atoms with Gasteiger partial charge in [-0.05, 0) is 12.1 Å². The Morgan fingerprint density at radius 2 is 1.94 bits per heavy atom. The van der Waals surface area contributed by atoms with Crippen LogP contribution in [0.3, 0.4) is 0 Å². The molecule has 0 aliphatic heterocycles. The van der Waals surface area contributed by atoms with E-state index in [1.165, 1.54) is 0 Å². The molecule has 0 amide bonds. The van der Waals surface area contributed by atoms with Crippen LogP contribution >= 0.6 is 0 Å². The number of nitrogens with zero attached hydrogens (tertiary/aromatic N) is 3. The third kappa shape index (κ3) is 1.48. The van der Waals surface area contributed by atoms with E-state index in [1.54, 1.807) is 18.7 Å². The molecule has 0 fully saturated rings. The van der Waals surface area contributed by atoms with Crippen LogP contribution < -0.4 is 0 Å². The Morgan fingerprint density at radius 3 is 2.69 bits per heavy atom. The molecule has 0 aliphatic carbocycles. The molecular weight excluding hydrogens is 202 g/mol. The van der Waals surface area contributed by atoms with Gasteiger partial charge in [-0.15, -0.1) is 0 Å². The summed E-state index contributed by atoms with van der Waals surface area (Å²) >= 11 is 0. The Hall–Kier alpha value is -2.43. The summed E-state index contributed by atoms with van der Waals surface area (Å²) in [6.07, 6.45) is 6.99. The molecule has 0 atom stereocenters. The number of imidazole rings is 2. The highest BCUT2D eigenvalue weighted by Crippen LogP contribution is 2.18. The minimum atomic E-state index is 0.738. The van der Waals surface area contributed by atoms with E-state index >= 15 is 0 Å². The minimum absolute atomic E-state index is 0.738. The smallest absolute Gasteiger partial charge is 0.158 e. The van der Waals surface area contributed by atoms with Crippen molar-refractivity contribution in [2.45, 2.75) is 0 Å². The summed E-state index contributed by atoms with van der Waals surface area (Å²) < 4.78 is 0. The summed E-state index contributed by atoms with van der Waals surface area (Å²) in [4.78, 5) is 18.7. The highest BCUT2D eigenvalue weighted by molar-refractivity contribution is 5.58. The molecule has 0 saturated carbocycles. The molecule has 3 rings (SSSR count). The van der Waals surface area contributed by atoms with Crippen LogP contribution in [0, 0.1) is 0 Å². The lowest BCUT2D eigenvalue weighted by molar-refractivity contribution is 1.24. The van der Waals surface area contributed by atoms with Crippen LogP contribution in [0.5, 0.6) is 0 Å². The first-order valence-electron chi connectivity index (χ1n) is 4.89. The lowest BCUT2D eigenvalue weighted by Gasteiger charge is -1.92. The number of H-pyrrole nitrogens is 2. The normalized spacial score (nSPS) is 10.5. The molecule has 2 N–H and O–H groups in total. The van der Waals surface area contributed by atoms with Gasteiger partial charge in [0.1, 0.15) is 11.4 Å². The van der Waals surface area contributed by atoms with E-state index in [9.17, 15) is 0 Å². The number of rotatable bonds is 2. The molecule has 0 saturated heterocycles. The first-order valence-corrected chi connectivity index (χ1v) is 4.89. The largest absolute Gasteiger partial charge is 0.350 e. The Bertz CT molecular complexity index is 567. The highest BCUT2D eigenvalue weighted by atomic mass is 15.0. The zero-order chi connectivity index (χ0) is 10.8. The third-order valence-corrected chi connectivity index (χ3v) is 2.25. The third-order valence-electron chi connectivity index (χ3n) is 2.25. The summed E-state index contributed by atoms with van der Waals surface area (Å²) in [5.74, 6) is 0.738. The van der Waals surface area contributed by atoms with Crippen molar-refractivity contribution >= 4 is 0 Å². The minimum Gasteiger partial charge on any atom is -0.350 e. The second-order valence-electron chi connectivity index (χ2n) is 3.30. The SMILES string of the molecule is c1ccc(-c2c[nH]c(-c3c[nH]cn3)n2)nc1. The van der Waals surface area contributed by atoms with Gasteiger partial charge in [0, 0.05) is 18.6 Å². The van der Waals surface area contributed by atoms with Gasteiger partial charge in [-0.2, -0.15) is 0 Å². The van der Waals surface area contributed by atoms with Crippen LogP contribution in [0.15, 0.2) is 43.1 Å². The summed E-state index contributed by atoms with van der Waals surface area (Å²) in [6, 6.07) is 5.74. The van der Waals surface area contributed by atoms with Gasteiger partial charge in [0.25, 0.3) is 0 Å². The summed E-state index contributed by atoms with van der Waals surface area (Å²) in [7, 11) is 0. The fourth-order valence-corrected chi connectivity index (χ4v) is 1.49. The molecule has 0 unspecified atom stereocenters. The topological polar surface area (TPSA) is 70.2 Å². The maximum absolute atomic E-state index is 4.42. The fraction of sp³-hybridized carbons (Fsp3) is 0. The molecule has 0 aromatic carbocycles. The standard InChI is InChI=1S/C11H9N5/c1-2-4-13-8(3-1)9-6-14-11(16-9)10-5-12-7-15-10/h1-7H,(H,12,15)(H,14,16). The molecule has 0 aliphatic rings. The maximum atomic E-state index is 4.42. The molecule has 0 spiro atoms. The van der Waals surface area contributed by atoms with Gasteiger partial charge in [-0.25, -0.2) is 9.97 Å². The van der Waals surface area contributed by atoms with E-state index in [2.05, 4.69) is 24.9 Å². The van der Waals surface area contributed by atoms with Crippen LogP contribution in [-0.2, 0) is 0 Å². The van der Waals surface area contributed by atoms with Crippen LogP contribution in [0.1, 0.15) is 0 Å². The number of aromatic amines is 2. The van der Waals surface area contributed by atoms with Crippen molar-refractivity contribution in [3.05, 3.63) is 43.1 Å². The molecule has 3 aromatic rings. The molecule has 78 valence electrons. The second kappa shape index (κ2) is 3.62. The van der Waals surface area contributed by atoms with E-state index in [0.29, 0.717) is 0 Å². The molecule has 5 nitrogen and oxygen atoms in total. The van der Waals surface area contributed by atoms with Crippen molar-refractivity contribution in [3.63, 3.8) is 0 Å². The highest BCUT2D eigenvalue weighted by Gasteiger charge is 2.07. The molecular formula is C11H9N5. The predicted octanol–water partition coefficient (Wildman–Crippen LogP) is 1.86. The average molecular weight is 211 g/mol. The van der Waals surface area contributed by atoms with Gasteiger partial charge in [0.2, 0.25) is 0 Å². The number of pyridine rings is 1. The van der Waals surface area contributed by atoms with E-state index in [-0.39, 0.29) is 0 Å². The monoisotopic (exact) mass is 211 g/mol. The molecule has 3 heterocycles. The van der Waals surface area contributed by atoms with Gasteiger partial charge in [0.15, 0.2) is 5.82 Å². The second-order valence-corrected chi connectivity index (χ2v) is 3.30. The summed E-state index contributed by atoms with van der Waals surface area (Å²) in [6.45, 7) is 0. The van der Waals surface area contributed by atoms with Crippen molar-refractivity contribution in [3.8, 4) is 22.9 Å². The number of nitrogens with one attached hydrogen (secondary N) is 2. The van der Waals surface area contributed by atoms with Crippen LogP contribution in [0.25, 0.3) is 22.9 Å². The number of hydrogen-bond donors (Lipinski definition) is 2. The lowest BCUT2D eigenvalue weighted by Crippen LogP contribution is -1.82. The average Bonchev–Trinajstić information content (AvgIpc) is 3.01. The van der Waals surface area contributed by atoms with Gasteiger partial charge in [-0.1, -0.05) is 6.07 Å². The van der Waals surface area contributed by atoms with E-state index in [4.69, 9.17) is 0 Å². The van der Waals surface area contributed by atoms with Crippen molar-refractivity contribution in [2.24, 2.45) is 0 Å². The quantitative estimate of drug-likeness (QED) is 0.679. The van der Waals surface area contributed by atoms with Gasteiger partial charge < -0.3 is 9.97 Å². The van der Waals surface area contributed by atoms with E-state index < -0.39 is 0 Å². The molecule has 16 heavy (non-hydrogen) atoms. The Balaban J connectivity index is 2.00. The fourth-order valence-electron chi connectivity index (χ4n) is 1.49. The first kappa shape index (κ1) is 8.84. The zero-order valence-corrected chi connectivity index (χ0v) is 8.38. The van der Waals surface area contributed by atoms with Crippen molar-refractivity contribution in [2.75, 3.05) is 0 Å². The van der Waals surface area contributed by atoms with Crippen LogP contribution in [0.2, 0.25) is 0 Å². The molecule has 3 aromatic heterocycles. The van der Waals surface area contributed by atoms with Crippen molar-refractivity contribution < 1.29 is 0 Å².